The summed E-state index contributed by atoms with van der Waals surface area (Å²) in [5, 5.41) is 0. The van der Waals surface area contributed by atoms with Crippen molar-refractivity contribution in [2.24, 2.45) is 0 Å². The minimum absolute atomic E-state index is 1.10. The molecule has 28 heavy (non-hydrogen) atoms. The van der Waals surface area contributed by atoms with Gasteiger partial charge in [0.25, 0.3) is 0 Å². The average molecular weight is 376 g/mol. The Morgan fingerprint density at radius 2 is 1.75 bits per heavy atom. The van der Waals surface area contributed by atoms with Gasteiger partial charge in [-0.25, -0.2) is 4.90 Å². The van der Waals surface area contributed by atoms with E-state index in [-0.39, 0.29) is 0 Å². The fourth-order valence-electron chi connectivity index (χ4n) is 4.42. The summed E-state index contributed by atoms with van der Waals surface area (Å²) in [6.45, 7) is 12.1. The van der Waals surface area contributed by atoms with Crippen LogP contribution in [0.15, 0.2) is 42.5 Å². The van der Waals surface area contributed by atoms with Gasteiger partial charge >= 0.3 is 0 Å². The summed E-state index contributed by atoms with van der Waals surface area (Å²) in [6, 6.07) is 13.4. The highest BCUT2D eigenvalue weighted by atomic mass is 15.3. The standard InChI is InChI=1S/C26H35N2/c1-5-11-24-13-8-9-14-25(24)12-7-6-10-15-27-16-17-28(20-27)26-22(3)18-21(2)19-23(26)4/h5,8-9,11,13-14,18-20H,6-7,10,12,15-17H2,1-4H3/q+1/b11-5+. The largest absolute Gasteiger partial charge is 0.264 e. The predicted molar refractivity (Wildman–Crippen MR) is 123 cm³/mol. The van der Waals surface area contributed by atoms with Crippen LogP contribution in [0.25, 0.3) is 6.08 Å². The van der Waals surface area contributed by atoms with E-state index in [4.69, 9.17) is 0 Å². The van der Waals surface area contributed by atoms with Crippen LogP contribution in [0.2, 0.25) is 0 Å². The van der Waals surface area contributed by atoms with Crippen LogP contribution in [-0.4, -0.2) is 30.5 Å². The number of rotatable bonds is 8. The molecule has 1 aliphatic heterocycles. The smallest absolute Gasteiger partial charge is 0.239 e. The summed E-state index contributed by atoms with van der Waals surface area (Å²) in [7, 11) is 0. The summed E-state index contributed by atoms with van der Waals surface area (Å²) in [5.74, 6) is 0. The SMILES string of the molecule is C/C=C/c1ccccc1CCCCC[N+]1=CN(c2c(C)cc(C)cc2C)CC1. The van der Waals surface area contributed by atoms with Gasteiger partial charge in [0.2, 0.25) is 6.34 Å². The quantitative estimate of drug-likeness (QED) is 0.410. The van der Waals surface area contributed by atoms with Crippen molar-refractivity contribution >= 4 is 18.1 Å². The van der Waals surface area contributed by atoms with Gasteiger partial charge in [0.15, 0.2) is 0 Å². The molecule has 0 radical (unpaired) electrons. The van der Waals surface area contributed by atoms with Crippen molar-refractivity contribution < 1.29 is 4.58 Å². The molecule has 0 saturated heterocycles. The minimum atomic E-state index is 1.10. The van der Waals surface area contributed by atoms with Crippen LogP contribution in [0.5, 0.6) is 0 Å². The van der Waals surface area contributed by atoms with Crippen molar-refractivity contribution in [2.75, 3.05) is 24.5 Å². The lowest BCUT2D eigenvalue weighted by Crippen LogP contribution is -2.20. The zero-order valence-electron chi connectivity index (χ0n) is 18.0. The second-order valence-electron chi connectivity index (χ2n) is 8.10. The molecule has 148 valence electrons. The first-order valence-electron chi connectivity index (χ1n) is 10.7. The molecule has 2 aromatic carbocycles. The first-order valence-corrected chi connectivity index (χ1v) is 10.7. The number of benzene rings is 2. The number of unbranched alkanes of at least 4 members (excludes halogenated alkanes) is 2. The average Bonchev–Trinajstić information content (AvgIpc) is 3.10. The van der Waals surface area contributed by atoms with E-state index in [9.17, 15) is 0 Å². The van der Waals surface area contributed by atoms with Crippen LogP contribution >= 0.6 is 0 Å². The maximum atomic E-state index is 2.49. The topological polar surface area (TPSA) is 6.25 Å². The maximum absolute atomic E-state index is 2.49. The van der Waals surface area contributed by atoms with Gasteiger partial charge in [0.1, 0.15) is 18.8 Å². The van der Waals surface area contributed by atoms with E-state index in [0.717, 1.165) is 19.6 Å². The zero-order chi connectivity index (χ0) is 19.9. The van der Waals surface area contributed by atoms with Gasteiger partial charge in [-0.2, -0.15) is 0 Å². The molecule has 0 saturated carbocycles. The number of anilines is 1. The van der Waals surface area contributed by atoms with Gasteiger partial charge < -0.3 is 0 Å². The van der Waals surface area contributed by atoms with Crippen LogP contribution < -0.4 is 4.90 Å². The van der Waals surface area contributed by atoms with Crippen molar-refractivity contribution in [1.82, 2.24) is 0 Å². The van der Waals surface area contributed by atoms with Crippen LogP contribution in [0.1, 0.15) is 54.0 Å². The van der Waals surface area contributed by atoms with Gasteiger partial charge in [0.05, 0.1) is 6.54 Å². The molecule has 2 nitrogen and oxygen atoms in total. The maximum Gasteiger partial charge on any atom is 0.239 e. The van der Waals surface area contributed by atoms with Gasteiger partial charge in [-0.05, 0) is 75.6 Å². The Kier molecular flexibility index (Phi) is 7.08. The Morgan fingerprint density at radius 1 is 1.00 bits per heavy atom. The molecule has 1 heterocycles. The number of allylic oxidation sites excluding steroid dienone is 1. The molecular weight excluding hydrogens is 340 g/mol. The fourth-order valence-corrected chi connectivity index (χ4v) is 4.42. The van der Waals surface area contributed by atoms with Crippen LogP contribution in [0.4, 0.5) is 5.69 Å². The summed E-state index contributed by atoms with van der Waals surface area (Å²) in [5.41, 5.74) is 8.37. The van der Waals surface area contributed by atoms with E-state index in [2.05, 4.69) is 92.1 Å². The molecule has 0 N–H and O–H groups in total. The zero-order valence-corrected chi connectivity index (χ0v) is 18.0. The Bertz CT molecular complexity index is 837. The molecule has 3 rings (SSSR count). The third-order valence-corrected chi connectivity index (χ3v) is 5.65. The van der Waals surface area contributed by atoms with E-state index in [0.29, 0.717) is 0 Å². The second kappa shape index (κ2) is 9.73. The summed E-state index contributed by atoms with van der Waals surface area (Å²) in [6.07, 6.45) is 11.7. The molecule has 0 unspecified atom stereocenters. The molecule has 0 fully saturated rings. The second-order valence-corrected chi connectivity index (χ2v) is 8.10. The van der Waals surface area contributed by atoms with Gasteiger partial charge in [0, 0.05) is 0 Å². The number of hydrogen-bond acceptors (Lipinski definition) is 1. The van der Waals surface area contributed by atoms with Crippen LogP contribution in [0.3, 0.4) is 0 Å². The lowest BCUT2D eigenvalue weighted by atomic mass is 10.0. The highest BCUT2D eigenvalue weighted by molar-refractivity contribution is 5.80. The minimum Gasteiger partial charge on any atom is -0.264 e. The Labute approximate surface area is 171 Å². The lowest BCUT2D eigenvalue weighted by molar-refractivity contribution is -0.514. The third kappa shape index (κ3) is 5.13. The number of hydrogen-bond donors (Lipinski definition) is 0. The molecule has 0 bridgehead atoms. The van der Waals surface area contributed by atoms with Crippen LogP contribution in [-0.2, 0) is 6.42 Å². The summed E-state index contributed by atoms with van der Waals surface area (Å²) in [4.78, 5) is 2.44. The Balaban J connectivity index is 1.48. The third-order valence-electron chi connectivity index (χ3n) is 5.65. The molecule has 1 aliphatic rings. The van der Waals surface area contributed by atoms with Crippen molar-refractivity contribution in [1.29, 1.82) is 0 Å². The van der Waals surface area contributed by atoms with Crippen LogP contribution in [0, 0.1) is 20.8 Å². The Hall–Kier alpha value is -2.35. The van der Waals surface area contributed by atoms with Crippen molar-refractivity contribution in [2.45, 2.75) is 53.4 Å². The van der Waals surface area contributed by atoms with Gasteiger partial charge in [-0.3, -0.25) is 4.58 Å². The normalized spacial score (nSPS) is 14.1. The first-order chi connectivity index (χ1) is 13.6. The monoisotopic (exact) mass is 375 g/mol. The molecule has 0 atom stereocenters. The number of aryl methyl sites for hydroxylation is 4. The molecule has 0 spiro atoms. The molecule has 0 amide bonds. The molecular formula is C26H35N2+. The number of nitrogens with zero attached hydrogens (tertiary/aromatic N) is 2. The van der Waals surface area contributed by atoms with E-state index in [1.807, 2.05) is 0 Å². The molecule has 2 heteroatoms. The summed E-state index contributed by atoms with van der Waals surface area (Å²) >= 11 is 0. The van der Waals surface area contributed by atoms with E-state index >= 15 is 0 Å². The van der Waals surface area contributed by atoms with Crippen molar-refractivity contribution in [3.05, 3.63) is 70.3 Å². The van der Waals surface area contributed by atoms with Crippen molar-refractivity contribution in [3.8, 4) is 0 Å². The van der Waals surface area contributed by atoms with E-state index in [1.54, 1.807) is 0 Å². The van der Waals surface area contributed by atoms with Gasteiger partial charge in [-0.1, -0.05) is 54.1 Å². The lowest BCUT2D eigenvalue weighted by Gasteiger charge is -2.13. The molecule has 2 aromatic rings. The fraction of sp³-hybridized carbons (Fsp3) is 0.423. The van der Waals surface area contributed by atoms with E-state index < -0.39 is 0 Å². The van der Waals surface area contributed by atoms with E-state index in [1.165, 1.54) is 59.2 Å². The first kappa shape index (κ1) is 20.4. The molecule has 0 aromatic heterocycles. The van der Waals surface area contributed by atoms with Crippen molar-refractivity contribution in [3.63, 3.8) is 0 Å². The Morgan fingerprint density at radius 3 is 2.50 bits per heavy atom. The van der Waals surface area contributed by atoms with Gasteiger partial charge in [-0.15, -0.1) is 0 Å². The highest BCUT2D eigenvalue weighted by Gasteiger charge is 2.24. The molecule has 0 aliphatic carbocycles. The summed E-state index contributed by atoms with van der Waals surface area (Å²) < 4.78 is 2.49. The highest BCUT2D eigenvalue weighted by Crippen LogP contribution is 2.26. The predicted octanol–water partition coefficient (Wildman–Crippen LogP) is 5.92.